The van der Waals surface area contributed by atoms with E-state index in [0.717, 1.165) is 25.7 Å². The van der Waals surface area contributed by atoms with Crippen LogP contribution in [0.1, 0.15) is 71.1 Å². The van der Waals surface area contributed by atoms with Gasteiger partial charge in [0.05, 0.1) is 12.2 Å². The minimum atomic E-state index is -0.349. The maximum Gasteiger partial charge on any atom is 0.0721 e. The fraction of sp³-hybridized carbons (Fsp3) is 0.826. The van der Waals surface area contributed by atoms with E-state index in [-0.39, 0.29) is 18.1 Å². The van der Waals surface area contributed by atoms with Crippen molar-refractivity contribution in [2.75, 3.05) is 20.6 Å². The molecule has 0 unspecified atom stereocenters. The van der Waals surface area contributed by atoms with Crippen LogP contribution in [0.4, 0.5) is 0 Å². The second-order valence-electron chi connectivity index (χ2n) is 8.80. The Bertz CT molecular complexity index is 457. The molecule has 2 N–H and O–H groups in total. The molecule has 0 heterocycles. The van der Waals surface area contributed by atoms with E-state index in [1.54, 1.807) is 5.57 Å². The van der Waals surface area contributed by atoms with Gasteiger partial charge < -0.3 is 15.1 Å². The lowest BCUT2D eigenvalue weighted by Crippen LogP contribution is -2.18. The molecule has 150 valence electrons. The lowest BCUT2D eigenvalue weighted by atomic mass is 9.88. The highest BCUT2D eigenvalue weighted by Gasteiger charge is 2.43. The van der Waals surface area contributed by atoms with E-state index in [0.29, 0.717) is 11.8 Å². The van der Waals surface area contributed by atoms with Crippen LogP contribution in [-0.4, -0.2) is 48.0 Å². The van der Waals surface area contributed by atoms with Crippen LogP contribution in [0.3, 0.4) is 0 Å². The molecule has 2 rings (SSSR count). The van der Waals surface area contributed by atoms with Gasteiger partial charge in [0, 0.05) is 5.92 Å². The summed E-state index contributed by atoms with van der Waals surface area (Å²) in [6.07, 6.45) is 17.4. The molecular weight excluding hydrogens is 322 g/mol. The molecule has 0 bridgehead atoms. The zero-order valence-electron chi connectivity index (χ0n) is 17.2. The summed E-state index contributed by atoms with van der Waals surface area (Å²) in [5, 5.41) is 20.6. The Balaban J connectivity index is 1.74. The molecule has 0 amide bonds. The molecule has 0 aromatic heterocycles. The molecule has 5 atom stereocenters. The predicted molar refractivity (Wildman–Crippen MR) is 110 cm³/mol. The van der Waals surface area contributed by atoms with Crippen molar-refractivity contribution in [1.29, 1.82) is 0 Å². The van der Waals surface area contributed by atoms with Crippen LogP contribution >= 0.6 is 0 Å². The zero-order chi connectivity index (χ0) is 18.9. The normalized spacial score (nSPS) is 29.5. The molecule has 26 heavy (non-hydrogen) atoms. The molecule has 3 heteroatoms. The second-order valence-corrected chi connectivity index (χ2v) is 8.80. The van der Waals surface area contributed by atoms with Crippen LogP contribution < -0.4 is 0 Å². The topological polar surface area (TPSA) is 43.7 Å². The molecule has 0 saturated heterocycles. The van der Waals surface area contributed by atoms with Crippen LogP contribution in [0.2, 0.25) is 0 Å². The zero-order valence-corrected chi connectivity index (χ0v) is 17.2. The first kappa shape index (κ1) is 21.7. The van der Waals surface area contributed by atoms with Gasteiger partial charge in [-0.3, -0.25) is 0 Å². The van der Waals surface area contributed by atoms with Crippen molar-refractivity contribution in [2.24, 2.45) is 17.8 Å². The van der Waals surface area contributed by atoms with Crippen LogP contribution in [0.15, 0.2) is 23.8 Å². The van der Waals surface area contributed by atoms with Gasteiger partial charge in [0.1, 0.15) is 0 Å². The Kier molecular flexibility index (Phi) is 9.38. The first-order chi connectivity index (χ1) is 12.5. The average molecular weight is 364 g/mol. The number of fused-ring (bicyclic) bond motifs is 1. The van der Waals surface area contributed by atoms with Gasteiger partial charge in [-0.15, -0.1) is 0 Å². The number of allylic oxidation sites excluding steroid dienone is 2. The van der Waals surface area contributed by atoms with Crippen LogP contribution in [-0.2, 0) is 0 Å². The van der Waals surface area contributed by atoms with E-state index >= 15 is 0 Å². The number of rotatable bonds is 12. The van der Waals surface area contributed by atoms with Crippen molar-refractivity contribution >= 4 is 0 Å². The van der Waals surface area contributed by atoms with Crippen LogP contribution in [0.5, 0.6) is 0 Å². The molecule has 2 aliphatic carbocycles. The van der Waals surface area contributed by atoms with Gasteiger partial charge in [0.25, 0.3) is 0 Å². The maximum atomic E-state index is 10.4. The Labute approximate surface area is 161 Å². The molecule has 0 aromatic rings. The van der Waals surface area contributed by atoms with Crippen molar-refractivity contribution in [2.45, 2.75) is 83.3 Å². The van der Waals surface area contributed by atoms with Crippen molar-refractivity contribution in [3.05, 3.63) is 23.8 Å². The van der Waals surface area contributed by atoms with E-state index in [1.807, 2.05) is 6.08 Å². The third-order valence-electron chi connectivity index (χ3n) is 6.21. The van der Waals surface area contributed by atoms with Crippen molar-refractivity contribution in [3.8, 4) is 0 Å². The molecule has 1 fully saturated rings. The molecular formula is C23H41NO2. The molecule has 0 spiro atoms. The summed E-state index contributed by atoms with van der Waals surface area (Å²) in [6, 6.07) is 0. The Morgan fingerprint density at radius 1 is 1.19 bits per heavy atom. The van der Waals surface area contributed by atoms with Gasteiger partial charge in [0.15, 0.2) is 0 Å². The highest BCUT2D eigenvalue weighted by atomic mass is 16.3. The van der Waals surface area contributed by atoms with E-state index in [1.165, 1.54) is 45.1 Å². The SMILES string of the molecule is CCCCC[C@@H](O)C=C[C@H]1[C@@H]2CC(CCCCCN(C)C)=C[C@@H]2C[C@H]1O. The lowest BCUT2D eigenvalue weighted by molar-refractivity contribution is 0.139. The second kappa shape index (κ2) is 11.3. The number of hydrogen-bond acceptors (Lipinski definition) is 3. The third kappa shape index (κ3) is 6.83. The van der Waals surface area contributed by atoms with Gasteiger partial charge in [-0.25, -0.2) is 0 Å². The summed E-state index contributed by atoms with van der Waals surface area (Å²) in [5.41, 5.74) is 1.61. The van der Waals surface area contributed by atoms with E-state index in [2.05, 4.69) is 38.1 Å². The fourth-order valence-corrected chi connectivity index (χ4v) is 4.70. The molecule has 3 nitrogen and oxygen atoms in total. The van der Waals surface area contributed by atoms with Crippen molar-refractivity contribution < 1.29 is 10.2 Å². The first-order valence-corrected chi connectivity index (χ1v) is 10.9. The first-order valence-electron chi connectivity index (χ1n) is 10.9. The molecule has 0 radical (unpaired) electrons. The van der Waals surface area contributed by atoms with Crippen LogP contribution in [0.25, 0.3) is 0 Å². The summed E-state index contributed by atoms with van der Waals surface area (Å²) in [6.45, 7) is 3.37. The lowest BCUT2D eigenvalue weighted by Gasteiger charge is -2.19. The number of aliphatic hydroxyl groups is 2. The quantitative estimate of drug-likeness (QED) is 0.395. The summed E-state index contributed by atoms with van der Waals surface area (Å²) in [4.78, 5) is 2.26. The third-order valence-corrected chi connectivity index (χ3v) is 6.21. The number of nitrogens with zero attached hydrogens (tertiary/aromatic N) is 1. The van der Waals surface area contributed by atoms with E-state index in [9.17, 15) is 10.2 Å². The van der Waals surface area contributed by atoms with Crippen molar-refractivity contribution in [3.63, 3.8) is 0 Å². The summed E-state index contributed by atoms with van der Waals surface area (Å²) < 4.78 is 0. The van der Waals surface area contributed by atoms with Crippen molar-refractivity contribution in [1.82, 2.24) is 4.90 Å². The minimum Gasteiger partial charge on any atom is -0.392 e. The van der Waals surface area contributed by atoms with Gasteiger partial charge in [-0.05, 0) is 71.0 Å². The smallest absolute Gasteiger partial charge is 0.0721 e. The van der Waals surface area contributed by atoms with E-state index < -0.39 is 0 Å². The molecule has 1 saturated carbocycles. The number of hydrogen-bond donors (Lipinski definition) is 2. The molecule has 0 aromatic carbocycles. The predicted octanol–water partition coefficient (Wildman–Crippen LogP) is 4.55. The number of aliphatic hydroxyl groups excluding tert-OH is 2. The summed E-state index contributed by atoms with van der Waals surface area (Å²) in [7, 11) is 4.28. The van der Waals surface area contributed by atoms with Gasteiger partial charge in [-0.1, -0.05) is 56.4 Å². The highest BCUT2D eigenvalue weighted by Crippen LogP contribution is 2.48. The fourth-order valence-electron chi connectivity index (χ4n) is 4.70. The van der Waals surface area contributed by atoms with Gasteiger partial charge in [-0.2, -0.15) is 0 Å². The standard InChI is InChI=1S/C23H41NO2/c1-4-5-7-11-20(25)12-13-21-22-16-18(15-19(22)17-23(21)26)10-8-6-9-14-24(2)3/h12-13,15,19-23,25-26H,4-11,14,16-17H2,1-3H3/t19-,20-,21+,22-,23-/m1/s1. The maximum absolute atomic E-state index is 10.4. The summed E-state index contributed by atoms with van der Waals surface area (Å²) >= 11 is 0. The van der Waals surface area contributed by atoms with E-state index in [4.69, 9.17) is 0 Å². The van der Waals surface area contributed by atoms with Gasteiger partial charge >= 0.3 is 0 Å². The molecule has 2 aliphatic rings. The van der Waals surface area contributed by atoms with Gasteiger partial charge in [0.2, 0.25) is 0 Å². The summed E-state index contributed by atoms with van der Waals surface area (Å²) in [5.74, 6) is 1.33. The Morgan fingerprint density at radius 3 is 2.73 bits per heavy atom. The monoisotopic (exact) mass is 363 g/mol. The Hall–Kier alpha value is -0.640. The van der Waals surface area contributed by atoms with Crippen LogP contribution in [0, 0.1) is 17.8 Å². The Morgan fingerprint density at radius 2 is 2.00 bits per heavy atom. The minimum absolute atomic E-state index is 0.225. The highest BCUT2D eigenvalue weighted by molar-refractivity contribution is 5.20. The molecule has 0 aliphatic heterocycles. The number of unbranched alkanes of at least 4 members (excludes halogenated alkanes) is 4. The average Bonchev–Trinajstić information content (AvgIpc) is 3.09. The largest absolute Gasteiger partial charge is 0.392 e.